The number of anilines is 1. The predicted octanol–water partition coefficient (Wildman–Crippen LogP) is 1.47. The highest BCUT2D eigenvalue weighted by atomic mass is 16.5. The maximum Gasteiger partial charge on any atom is 0.120 e. The molecule has 3 rings (SSSR count). The lowest BCUT2D eigenvalue weighted by atomic mass is 10.1. The SMILES string of the molecule is COc1cccc(N2CC[NH+](Cc3ccc(C#N)cc3)CC2)c1. The van der Waals surface area contributed by atoms with E-state index in [1.54, 1.807) is 12.0 Å². The van der Waals surface area contributed by atoms with Gasteiger partial charge in [0.2, 0.25) is 0 Å². The summed E-state index contributed by atoms with van der Waals surface area (Å²) >= 11 is 0. The fourth-order valence-corrected chi connectivity index (χ4v) is 3.05. The van der Waals surface area contributed by atoms with Crippen LogP contribution < -0.4 is 14.5 Å². The number of nitrogens with one attached hydrogen (secondary N) is 1. The monoisotopic (exact) mass is 308 g/mol. The molecule has 1 N–H and O–H groups in total. The van der Waals surface area contributed by atoms with Crippen LogP contribution in [0.3, 0.4) is 0 Å². The summed E-state index contributed by atoms with van der Waals surface area (Å²) in [6.07, 6.45) is 0. The molecule has 0 amide bonds. The van der Waals surface area contributed by atoms with Gasteiger partial charge in [-0.05, 0) is 24.3 Å². The van der Waals surface area contributed by atoms with Crippen LogP contribution in [0, 0.1) is 11.3 Å². The van der Waals surface area contributed by atoms with Gasteiger partial charge in [-0.2, -0.15) is 5.26 Å². The number of benzene rings is 2. The minimum absolute atomic E-state index is 0.728. The molecular formula is C19H22N3O+. The molecule has 4 heteroatoms. The second kappa shape index (κ2) is 7.17. The van der Waals surface area contributed by atoms with Crippen molar-refractivity contribution in [3.8, 4) is 11.8 Å². The second-order valence-electron chi connectivity index (χ2n) is 5.92. The van der Waals surface area contributed by atoms with Crippen LogP contribution in [0.15, 0.2) is 48.5 Å². The Morgan fingerprint density at radius 3 is 2.52 bits per heavy atom. The molecule has 118 valence electrons. The van der Waals surface area contributed by atoms with Crippen molar-refractivity contribution in [3.05, 3.63) is 59.7 Å². The van der Waals surface area contributed by atoms with Gasteiger partial charge in [0.05, 0.1) is 44.9 Å². The van der Waals surface area contributed by atoms with Crippen LogP contribution in [0.1, 0.15) is 11.1 Å². The average molecular weight is 308 g/mol. The minimum Gasteiger partial charge on any atom is -0.497 e. The highest BCUT2D eigenvalue weighted by Crippen LogP contribution is 2.20. The number of rotatable bonds is 4. The van der Waals surface area contributed by atoms with Crippen molar-refractivity contribution in [2.45, 2.75) is 6.54 Å². The van der Waals surface area contributed by atoms with Crippen molar-refractivity contribution in [1.82, 2.24) is 0 Å². The third-order valence-corrected chi connectivity index (χ3v) is 4.43. The van der Waals surface area contributed by atoms with Crippen molar-refractivity contribution < 1.29 is 9.64 Å². The molecule has 0 aliphatic carbocycles. The quantitative estimate of drug-likeness (QED) is 0.930. The van der Waals surface area contributed by atoms with Gasteiger partial charge in [0, 0.05) is 17.3 Å². The molecule has 1 fully saturated rings. The molecule has 0 unspecified atom stereocenters. The van der Waals surface area contributed by atoms with E-state index in [1.165, 1.54) is 11.3 Å². The molecule has 1 aliphatic rings. The van der Waals surface area contributed by atoms with Crippen molar-refractivity contribution >= 4 is 5.69 Å². The lowest BCUT2D eigenvalue weighted by Gasteiger charge is -2.33. The summed E-state index contributed by atoms with van der Waals surface area (Å²) in [6, 6.07) is 18.4. The van der Waals surface area contributed by atoms with Crippen LogP contribution in [0.2, 0.25) is 0 Å². The molecule has 0 atom stereocenters. The van der Waals surface area contributed by atoms with E-state index in [9.17, 15) is 0 Å². The van der Waals surface area contributed by atoms with Gasteiger partial charge in [-0.1, -0.05) is 18.2 Å². The molecule has 1 heterocycles. The molecule has 0 spiro atoms. The Bertz CT molecular complexity index is 683. The van der Waals surface area contributed by atoms with Crippen molar-refractivity contribution in [2.24, 2.45) is 0 Å². The van der Waals surface area contributed by atoms with E-state index >= 15 is 0 Å². The summed E-state index contributed by atoms with van der Waals surface area (Å²) in [6.45, 7) is 5.38. The number of methoxy groups -OCH3 is 1. The van der Waals surface area contributed by atoms with Gasteiger partial charge in [-0.3, -0.25) is 0 Å². The highest BCUT2D eigenvalue weighted by molar-refractivity contribution is 5.50. The summed E-state index contributed by atoms with van der Waals surface area (Å²) in [5, 5.41) is 8.86. The summed E-state index contributed by atoms with van der Waals surface area (Å²) in [5.41, 5.74) is 3.27. The van der Waals surface area contributed by atoms with E-state index in [0.29, 0.717) is 0 Å². The second-order valence-corrected chi connectivity index (χ2v) is 5.92. The predicted molar refractivity (Wildman–Crippen MR) is 90.8 cm³/mol. The largest absolute Gasteiger partial charge is 0.497 e. The summed E-state index contributed by atoms with van der Waals surface area (Å²) < 4.78 is 5.31. The van der Waals surface area contributed by atoms with E-state index in [4.69, 9.17) is 10.00 Å². The first kappa shape index (κ1) is 15.4. The molecule has 1 aliphatic heterocycles. The Morgan fingerprint density at radius 2 is 1.87 bits per heavy atom. The molecular weight excluding hydrogens is 286 g/mol. The summed E-state index contributed by atoms with van der Waals surface area (Å²) in [7, 11) is 1.71. The topological polar surface area (TPSA) is 40.7 Å². The molecule has 23 heavy (non-hydrogen) atoms. The maximum absolute atomic E-state index is 8.86. The highest BCUT2D eigenvalue weighted by Gasteiger charge is 2.20. The number of nitrogens with zero attached hydrogens (tertiary/aromatic N) is 2. The van der Waals surface area contributed by atoms with Crippen LogP contribution >= 0.6 is 0 Å². The van der Waals surface area contributed by atoms with Gasteiger partial charge in [-0.25, -0.2) is 0 Å². The summed E-state index contributed by atoms with van der Waals surface area (Å²) in [4.78, 5) is 4.01. The van der Waals surface area contributed by atoms with Gasteiger partial charge >= 0.3 is 0 Å². The first-order chi connectivity index (χ1) is 11.3. The third-order valence-electron chi connectivity index (χ3n) is 4.43. The maximum atomic E-state index is 8.86. The number of piperazine rings is 1. The van der Waals surface area contributed by atoms with Gasteiger partial charge < -0.3 is 14.5 Å². The van der Waals surface area contributed by atoms with Crippen LogP contribution in [-0.4, -0.2) is 33.3 Å². The number of nitriles is 1. The van der Waals surface area contributed by atoms with Gasteiger partial charge in [0.1, 0.15) is 12.3 Å². The van der Waals surface area contributed by atoms with Gasteiger partial charge in [0.25, 0.3) is 0 Å². The van der Waals surface area contributed by atoms with E-state index in [-0.39, 0.29) is 0 Å². The Kier molecular flexibility index (Phi) is 4.80. The molecule has 4 nitrogen and oxygen atoms in total. The zero-order valence-corrected chi connectivity index (χ0v) is 13.5. The lowest BCUT2D eigenvalue weighted by Crippen LogP contribution is -3.13. The Balaban J connectivity index is 1.56. The molecule has 2 aromatic carbocycles. The molecule has 0 saturated carbocycles. The lowest BCUT2D eigenvalue weighted by molar-refractivity contribution is -0.914. The fraction of sp³-hybridized carbons (Fsp3) is 0.316. The third kappa shape index (κ3) is 3.82. The molecule has 0 radical (unpaired) electrons. The zero-order chi connectivity index (χ0) is 16.1. The first-order valence-corrected chi connectivity index (χ1v) is 8.00. The van der Waals surface area contributed by atoms with Crippen molar-refractivity contribution in [2.75, 3.05) is 38.2 Å². The fourth-order valence-electron chi connectivity index (χ4n) is 3.05. The van der Waals surface area contributed by atoms with Crippen molar-refractivity contribution in [1.29, 1.82) is 5.26 Å². The van der Waals surface area contributed by atoms with Gasteiger partial charge in [0.15, 0.2) is 0 Å². The Labute approximate surface area is 137 Å². The van der Waals surface area contributed by atoms with Crippen LogP contribution in [0.5, 0.6) is 5.75 Å². The smallest absolute Gasteiger partial charge is 0.120 e. The minimum atomic E-state index is 0.728. The van der Waals surface area contributed by atoms with E-state index in [0.717, 1.165) is 44.0 Å². The van der Waals surface area contributed by atoms with Crippen LogP contribution in [0.4, 0.5) is 5.69 Å². The zero-order valence-electron chi connectivity index (χ0n) is 13.5. The van der Waals surface area contributed by atoms with Crippen molar-refractivity contribution in [3.63, 3.8) is 0 Å². The van der Waals surface area contributed by atoms with E-state index in [2.05, 4.69) is 35.2 Å². The Hall–Kier alpha value is -2.51. The first-order valence-electron chi connectivity index (χ1n) is 8.00. The van der Waals surface area contributed by atoms with Crippen LogP contribution in [0.25, 0.3) is 0 Å². The number of hydrogen-bond acceptors (Lipinski definition) is 3. The normalized spacial score (nSPS) is 15.2. The number of ether oxygens (including phenoxy) is 1. The van der Waals surface area contributed by atoms with E-state index in [1.807, 2.05) is 24.3 Å². The molecule has 1 saturated heterocycles. The van der Waals surface area contributed by atoms with Gasteiger partial charge in [-0.15, -0.1) is 0 Å². The number of quaternary nitrogens is 1. The van der Waals surface area contributed by atoms with Crippen LogP contribution in [-0.2, 0) is 6.54 Å². The molecule has 0 aromatic heterocycles. The Morgan fingerprint density at radius 1 is 1.13 bits per heavy atom. The molecule has 2 aromatic rings. The average Bonchev–Trinajstić information content (AvgIpc) is 2.63. The summed E-state index contributed by atoms with van der Waals surface area (Å²) in [5.74, 6) is 0.912. The van der Waals surface area contributed by atoms with E-state index < -0.39 is 0 Å². The molecule has 0 bridgehead atoms. The standard InChI is InChI=1S/C19H21N3O/c1-23-19-4-2-3-18(13-19)22-11-9-21(10-12-22)15-17-7-5-16(14-20)6-8-17/h2-8,13H,9-12,15H2,1H3/p+1. The number of hydrogen-bond donors (Lipinski definition) is 1.